The number of hydrogen-bond donors (Lipinski definition) is 2. The van der Waals surface area contributed by atoms with E-state index in [1.165, 1.54) is 17.7 Å². The van der Waals surface area contributed by atoms with Gasteiger partial charge in [0.05, 0.1) is 4.90 Å². The lowest BCUT2D eigenvalue weighted by Gasteiger charge is -2.39. The van der Waals surface area contributed by atoms with Crippen LogP contribution in [0.4, 0.5) is 0 Å². The molecule has 0 atom stereocenters. The number of benzene rings is 2. The van der Waals surface area contributed by atoms with Crippen molar-refractivity contribution >= 4 is 15.7 Å². The van der Waals surface area contributed by atoms with Gasteiger partial charge in [0.25, 0.3) is 5.91 Å². The van der Waals surface area contributed by atoms with E-state index in [2.05, 4.69) is 18.7 Å². The average Bonchev–Trinajstić information content (AvgIpc) is 3.65. The molecule has 2 fully saturated rings. The number of rotatable bonds is 7. The van der Waals surface area contributed by atoms with Gasteiger partial charge >= 0.3 is 0 Å². The zero-order valence-corrected chi connectivity index (χ0v) is 19.3. The van der Waals surface area contributed by atoms with Crippen molar-refractivity contribution in [3.05, 3.63) is 54.1 Å². The van der Waals surface area contributed by atoms with Crippen LogP contribution in [0.3, 0.4) is 0 Å². The van der Waals surface area contributed by atoms with Crippen molar-refractivity contribution in [1.29, 1.82) is 0 Å². The highest BCUT2D eigenvalue weighted by Gasteiger charge is 2.53. The molecule has 1 aliphatic carbocycles. The van der Waals surface area contributed by atoms with Crippen LogP contribution in [0.5, 0.6) is 11.5 Å². The predicted octanol–water partition coefficient (Wildman–Crippen LogP) is 3.88. The maximum absolute atomic E-state index is 13.5. The summed E-state index contributed by atoms with van der Waals surface area (Å²) in [5.74, 6) is 0.727. The van der Waals surface area contributed by atoms with E-state index in [0.29, 0.717) is 36.5 Å². The first-order chi connectivity index (χ1) is 15.3. The summed E-state index contributed by atoms with van der Waals surface area (Å²) in [7, 11) is -4.02. The van der Waals surface area contributed by atoms with Crippen molar-refractivity contribution in [3.8, 4) is 11.5 Å². The molecule has 0 bridgehead atoms. The summed E-state index contributed by atoms with van der Waals surface area (Å²) in [5.41, 5.74) is 2.81. The minimum atomic E-state index is -4.02. The van der Waals surface area contributed by atoms with Gasteiger partial charge in [-0.2, -0.15) is 0 Å². The summed E-state index contributed by atoms with van der Waals surface area (Å²) < 4.78 is 31.3. The predicted molar refractivity (Wildman–Crippen MR) is 121 cm³/mol. The normalized spacial score (nSPS) is 19.0. The fourth-order valence-electron chi connectivity index (χ4n) is 4.38. The SMILES string of the molecule is CC(C)c1ccc(Oc2ccc(S(=O)(=O)C3(C(=O)NO)CCN(C4CC4)CC3)cc2)cc1. The topological polar surface area (TPSA) is 95.9 Å². The molecule has 1 amide bonds. The molecule has 172 valence electrons. The number of likely N-dealkylation sites (tertiary alicyclic amines) is 1. The van der Waals surface area contributed by atoms with Crippen LogP contribution < -0.4 is 10.2 Å². The van der Waals surface area contributed by atoms with E-state index in [1.807, 2.05) is 24.3 Å². The minimum Gasteiger partial charge on any atom is -0.457 e. The van der Waals surface area contributed by atoms with E-state index in [1.54, 1.807) is 17.6 Å². The van der Waals surface area contributed by atoms with Gasteiger partial charge < -0.3 is 9.64 Å². The van der Waals surface area contributed by atoms with E-state index < -0.39 is 20.5 Å². The van der Waals surface area contributed by atoms with Gasteiger partial charge in [0.1, 0.15) is 11.5 Å². The van der Waals surface area contributed by atoms with E-state index in [-0.39, 0.29) is 17.7 Å². The number of nitrogens with one attached hydrogen (secondary N) is 1. The lowest BCUT2D eigenvalue weighted by atomic mass is 9.94. The first-order valence-electron chi connectivity index (χ1n) is 11.1. The van der Waals surface area contributed by atoms with Crippen molar-refractivity contribution in [1.82, 2.24) is 10.4 Å². The number of hydrogen-bond acceptors (Lipinski definition) is 6. The van der Waals surface area contributed by atoms with Gasteiger partial charge in [-0.3, -0.25) is 10.0 Å². The molecule has 0 aromatic heterocycles. The molecular weight excluding hydrogens is 428 g/mol. The second-order valence-electron chi connectivity index (χ2n) is 9.00. The molecule has 8 heteroatoms. The van der Waals surface area contributed by atoms with Crippen molar-refractivity contribution in [2.45, 2.75) is 61.1 Å². The number of amides is 1. The largest absolute Gasteiger partial charge is 0.457 e. The summed E-state index contributed by atoms with van der Waals surface area (Å²) in [5, 5.41) is 9.31. The molecule has 4 rings (SSSR count). The molecule has 1 saturated carbocycles. The Hall–Kier alpha value is -2.42. The van der Waals surface area contributed by atoms with Crippen LogP contribution >= 0.6 is 0 Å². The molecule has 32 heavy (non-hydrogen) atoms. The van der Waals surface area contributed by atoms with Crippen molar-refractivity contribution in [2.24, 2.45) is 0 Å². The van der Waals surface area contributed by atoms with E-state index in [4.69, 9.17) is 4.74 Å². The summed E-state index contributed by atoms with van der Waals surface area (Å²) in [6, 6.07) is 14.4. The summed E-state index contributed by atoms with van der Waals surface area (Å²) >= 11 is 0. The number of piperidine rings is 1. The van der Waals surface area contributed by atoms with Gasteiger partial charge in [-0.1, -0.05) is 26.0 Å². The number of carbonyl (C=O) groups excluding carboxylic acids is 1. The van der Waals surface area contributed by atoms with Crippen LogP contribution in [0.1, 0.15) is 51.0 Å². The highest BCUT2D eigenvalue weighted by atomic mass is 32.2. The molecule has 1 aliphatic heterocycles. The molecule has 1 heterocycles. The van der Waals surface area contributed by atoms with Crippen LogP contribution in [0.25, 0.3) is 0 Å². The molecule has 2 aromatic rings. The number of hydroxylamine groups is 1. The summed E-state index contributed by atoms with van der Waals surface area (Å²) in [4.78, 5) is 14.9. The summed E-state index contributed by atoms with van der Waals surface area (Å²) in [6.07, 6.45) is 2.54. The van der Waals surface area contributed by atoms with Gasteiger partial charge in [0.2, 0.25) is 0 Å². The molecule has 1 saturated heterocycles. The van der Waals surface area contributed by atoms with Crippen LogP contribution in [-0.4, -0.2) is 48.3 Å². The Balaban J connectivity index is 1.53. The van der Waals surface area contributed by atoms with Crippen LogP contribution in [-0.2, 0) is 14.6 Å². The average molecular weight is 459 g/mol. The number of ether oxygens (including phenoxy) is 1. The molecule has 0 spiro atoms. The van der Waals surface area contributed by atoms with Crippen LogP contribution in [0, 0.1) is 0 Å². The minimum absolute atomic E-state index is 0.0449. The number of nitrogens with zero attached hydrogens (tertiary/aromatic N) is 1. The van der Waals surface area contributed by atoms with Gasteiger partial charge in [0.15, 0.2) is 14.6 Å². The van der Waals surface area contributed by atoms with E-state index in [0.717, 1.165) is 12.8 Å². The third-order valence-corrected chi connectivity index (χ3v) is 9.13. The molecule has 2 aromatic carbocycles. The lowest BCUT2D eigenvalue weighted by molar-refractivity contribution is -0.133. The zero-order chi connectivity index (χ0) is 22.9. The first kappa shape index (κ1) is 22.8. The Kier molecular flexibility index (Phi) is 6.29. The third kappa shape index (κ3) is 4.27. The van der Waals surface area contributed by atoms with Crippen molar-refractivity contribution in [2.75, 3.05) is 13.1 Å². The Morgan fingerprint density at radius 3 is 2.03 bits per heavy atom. The molecule has 2 aliphatic rings. The third-order valence-electron chi connectivity index (χ3n) is 6.62. The molecule has 7 nitrogen and oxygen atoms in total. The van der Waals surface area contributed by atoms with Gasteiger partial charge in [-0.15, -0.1) is 0 Å². The van der Waals surface area contributed by atoms with E-state index >= 15 is 0 Å². The standard InChI is InChI=1S/C24H30N2O5S/c1-17(2)18-3-7-20(8-4-18)31-21-9-11-22(12-10-21)32(29,30)24(23(27)25-28)13-15-26(16-14-24)19-5-6-19/h3-4,7-12,17,19,28H,5-6,13-16H2,1-2H3,(H,25,27). The Labute approximate surface area is 189 Å². The molecule has 0 unspecified atom stereocenters. The second kappa shape index (κ2) is 8.84. The Bertz CT molecular complexity index is 1050. The molecule has 2 N–H and O–H groups in total. The fourth-order valence-corrected chi connectivity index (χ4v) is 6.33. The highest BCUT2D eigenvalue weighted by Crippen LogP contribution is 2.39. The van der Waals surface area contributed by atoms with Gasteiger partial charge in [0, 0.05) is 19.1 Å². The monoisotopic (exact) mass is 458 g/mol. The van der Waals surface area contributed by atoms with Crippen molar-refractivity contribution in [3.63, 3.8) is 0 Å². The van der Waals surface area contributed by atoms with Crippen LogP contribution in [0.2, 0.25) is 0 Å². The second-order valence-corrected chi connectivity index (χ2v) is 11.3. The maximum atomic E-state index is 13.5. The number of carbonyl (C=O) groups is 1. The highest BCUT2D eigenvalue weighted by molar-refractivity contribution is 7.93. The Morgan fingerprint density at radius 2 is 1.56 bits per heavy atom. The zero-order valence-electron chi connectivity index (χ0n) is 18.5. The van der Waals surface area contributed by atoms with Gasteiger partial charge in [-0.05, 0) is 73.6 Å². The fraction of sp³-hybridized carbons (Fsp3) is 0.458. The molecule has 0 radical (unpaired) electrons. The maximum Gasteiger partial charge on any atom is 0.265 e. The smallest absolute Gasteiger partial charge is 0.265 e. The first-order valence-corrected chi connectivity index (χ1v) is 12.6. The Morgan fingerprint density at radius 1 is 1.03 bits per heavy atom. The summed E-state index contributed by atoms with van der Waals surface area (Å²) in [6.45, 7) is 5.28. The lowest BCUT2D eigenvalue weighted by Crippen LogP contribution is -2.58. The quantitative estimate of drug-likeness (QED) is 0.483. The molecular formula is C24H30N2O5S. The van der Waals surface area contributed by atoms with Gasteiger partial charge in [-0.25, -0.2) is 13.9 Å². The van der Waals surface area contributed by atoms with E-state index in [9.17, 15) is 18.4 Å². The number of sulfone groups is 1. The van der Waals surface area contributed by atoms with Crippen LogP contribution in [0.15, 0.2) is 53.4 Å². The van der Waals surface area contributed by atoms with Crippen molar-refractivity contribution < 1.29 is 23.2 Å².